The number of nitrogens with zero attached hydrogens (tertiary/aromatic N) is 1. The van der Waals surface area contributed by atoms with Crippen LogP contribution < -0.4 is 5.32 Å². The van der Waals surface area contributed by atoms with Crippen molar-refractivity contribution in [2.24, 2.45) is 0 Å². The zero-order valence-electron chi connectivity index (χ0n) is 11.5. The lowest BCUT2D eigenvalue weighted by atomic mass is 10.1. The molecule has 1 heterocycles. The van der Waals surface area contributed by atoms with E-state index in [0.717, 1.165) is 5.56 Å². The maximum Gasteiger partial charge on any atom is 0.406 e. The van der Waals surface area contributed by atoms with Gasteiger partial charge in [-0.15, -0.1) is 0 Å². The van der Waals surface area contributed by atoms with Gasteiger partial charge in [0.25, 0.3) is 0 Å². The topological polar surface area (TPSA) is 49.4 Å². The molecule has 0 bridgehead atoms. The van der Waals surface area contributed by atoms with Crippen molar-refractivity contribution in [1.29, 1.82) is 0 Å². The molecule has 120 valence electrons. The van der Waals surface area contributed by atoms with Crippen LogP contribution in [-0.2, 0) is 16.0 Å². The van der Waals surface area contributed by atoms with Crippen LogP contribution in [0.25, 0.3) is 0 Å². The maximum atomic E-state index is 12.3. The van der Waals surface area contributed by atoms with E-state index in [-0.39, 0.29) is 25.3 Å². The van der Waals surface area contributed by atoms with E-state index in [0.29, 0.717) is 9.92 Å². The van der Waals surface area contributed by atoms with Crippen LogP contribution in [0.3, 0.4) is 0 Å². The Morgan fingerprint density at radius 1 is 1.32 bits per heavy atom. The number of rotatable bonds is 4. The van der Waals surface area contributed by atoms with Crippen molar-refractivity contribution in [3.63, 3.8) is 0 Å². The van der Waals surface area contributed by atoms with Crippen LogP contribution >= 0.6 is 11.6 Å². The molecule has 1 aromatic rings. The summed E-state index contributed by atoms with van der Waals surface area (Å²) in [6, 6.07) is 6.09. The second kappa shape index (κ2) is 6.56. The Morgan fingerprint density at radius 3 is 2.55 bits per heavy atom. The number of carbonyl (C=O) groups is 2. The zero-order chi connectivity index (χ0) is 16.3. The lowest BCUT2D eigenvalue weighted by molar-refractivity contribution is -0.157. The highest BCUT2D eigenvalue weighted by molar-refractivity contribution is 6.30. The molecule has 1 fully saturated rings. The molecule has 22 heavy (non-hydrogen) atoms. The molecular formula is C14H14ClF3N2O2. The van der Waals surface area contributed by atoms with E-state index in [9.17, 15) is 22.8 Å². The first-order valence-corrected chi connectivity index (χ1v) is 6.99. The quantitative estimate of drug-likeness (QED) is 0.917. The molecule has 1 unspecified atom stereocenters. The van der Waals surface area contributed by atoms with Crippen molar-refractivity contribution in [2.75, 3.05) is 13.1 Å². The first-order chi connectivity index (χ1) is 10.2. The SMILES string of the molecule is O=C(Cc1ccc(Cl)cc1)NC1CC(=O)N(CC(F)(F)F)C1. The average molecular weight is 335 g/mol. The molecule has 0 radical (unpaired) electrons. The Kier molecular flexibility index (Phi) is 4.95. The summed E-state index contributed by atoms with van der Waals surface area (Å²) in [7, 11) is 0. The molecule has 8 heteroatoms. The lowest BCUT2D eigenvalue weighted by Crippen LogP contribution is -2.40. The molecule has 0 aromatic heterocycles. The van der Waals surface area contributed by atoms with Gasteiger partial charge in [-0.1, -0.05) is 23.7 Å². The number of amides is 2. The molecule has 0 spiro atoms. The molecule has 2 rings (SSSR count). The summed E-state index contributed by atoms with van der Waals surface area (Å²) < 4.78 is 36.9. The van der Waals surface area contributed by atoms with E-state index in [1.165, 1.54) is 0 Å². The molecule has 1 aliphatic rings. The first-order valence-electron chi connectivity index (χ1n) is 6.61. The predicted molar refractivity (Wildman–Crippen MR) is 74.3 cm³/mol. The second-order valence-corrected chi connectivity index (χ2v) is 5.60. The number of carbonyl (C=O) groups excluding carboxylic acids is 2. The van der Waals surface area contributed by atoms with E-state index < -0.39 is 24.7 Å². The molecule has 1 aromatic carbocycles. The maximum absolute atomic E-state index is 12.3. The number of halogens is 4. The fraction of sp³-hybridized carbons (Fsp3) is 0.429. The van der Waals surface area contributed by atoms with Crippen LogP contribution in [0.2, 0.25) is 5.02 Å². The van der Waals surface area contributed by atoms with Crippen LogP contribution in [0.15, 0.2) is 24.3 Å². The number of alkyl halides is 3. The Bertz CT molecular complexity index is 560. The van der Waals surface area contributed by atoms with Gasteiger partial charge in [-0.25, -0.2) is 0 Å². The number of hydrogen-bond donors (Lipinski definition) is 1. The summed E-state index contributed by atoms with van der Waals surface area (Å²) in [5.74, 6) is -0.942. The fourth-order valence-electron chi connectivity index (χ4n) is 2.30. The smallest absolute Gasteiger partial charge is 0.351 e. The van der Waals surface area contributed by atoms with Crippen LogP contribution in [0, 0.1) is 0 Å². The van der Waals surface area contributed by atoms with E-state index in [4.69, 9.17) is 11.6 Å². The number of likely N-dealkylation sites (tertiary alicyclic amines) is 1. The molecule has 1 aliphatic heterocycles. The van der Waals surface area contributed by atoms with E-state index in [1.54, 1.807) is 24.3 Å². The van der Waals surface area contributed by atoms with Crippen LogP contribution in [-0.4, -0.2) is 42.0 Å². The zero-order valence-corrected chi connectivity index (χ0v) is 12.2. The summed E-state index contributed by atoms with van der Waals surface area (Å²) in [5, 5.41) is 3.14. The Morgan fingerprint density at radius 2 is 1.95 bits per heavy atom. The van der Waals surface area contributed by atoms with E-state index >= 15 is 0 Å². The Hall–Kier alpha value is -1.76. The molecule has 1 atom stereocenters. The van der Waals surface area contributed by atoms with Crippen molar-refractivity contribution >= 4 is 23.4 Å². The summed E-state index contributed by atoms with van der Waals surface area (Å²) in [4.78, 5) is 24.1. The van der Waals surface area contributed by atoms with Gasteiger partial charge in [-0.2, -0.15) is 13.2 Å². The molecule has 1 saturated heterocycles. The third-order valence-corrected chi connectivity index (χ3v) is 3.48. The summed E-state index contributed by atoms with van der Waals surface area (Å²) in [5.41, 5.74) is 0.735. The monoisotopic (exact) mass is 334 g/mol. The first kappa shape index (κ1) is 16.6. The van der Waals surface area contributed by atoms with Crippen LogP contribution in [0.5, 0.6) is 0 Å². The Balaban J connectivity index is 1.85. The van der Waals surface area contributed by atoms with Crippen LogP contribution in [0.1, 0.15) is 12.0 Å². The van der Waals surface area contributed by atoms with Crippen LogP contribution in [0.4, 0.5) is 13.2 Å². The Labute approximate surface area is 130 Å². The molecule has 1 N–H and O–H groups in total. The van der Waals surface area contributed by atoms with Gasteiger partial charge in [0.15, 0.2) is 0 Å². The van der Waals surface area contributed by atoms with Gasteiger partial charge in [0.2, 0.25) is 11.8 Å². The highest BCUT2D eigenvalue weighted by Gasteiger charge is 2.38. The van der Waals surface area contributed by atoms with Gasteiger partial charge in [-0.3, -0.25) is 9.59 Å². The fourth-order valence-corrected chi connectivity index (χ4v) is 2.43. The molecule has 0 saturated carbocycles. The van der Waals surface area contributed by atoms with Gasteiger partial charge < -0.3 is 10.2 Å². The van der Waals surface area contributed by atoms with E-state index in [2.05, 4.69) is 5.32 Å². The van der Waals surface area contributed by atoms with Gasteiger partial charge >= 0.3 is 6.18 Å². The number of nitrogens with one attached hydrogen (secondary N) is 1. The largest absolute Gasteiger partial charge is 0.406 e. The van der Waals surface area contributed by atoms with Gasteiger partial charge in [0, 0.05) is 18.0 Å². The van der Waals surface area contributed by atoms with Crippen molar-refractivity contribution in [3.8, 4) is 0 Å². The predicted octanol–water partition coefficient (Wildman–Crippen LogP) is 2.16. The second-order valence-electron chi connectivity index (χ2n) is 5.16. The minimum absolute atomic E-state index is 0.0845. The molecular weight excluding hydrogens is 321 g/mol. The minimum Gasteiger partial charge on any atom is -0.351 e. The highest BCUT2D eigenvalue weighted by atomic mass is 35.5. The standard InChI is InChI=1S/C14H14ClF3N2O2/c15-10-3-1-9(2-4-10)5-12(21)19-11-6-13(22)20(7-11)8-14(16,17)18/h1-4,11H,5-8H2,(H,19,21). The lowest BCUT2D eigenvalue weighted by Gasteiger charge is -2.18. The van der Waals surface area contributed by atoms with Gasteiger partial charge in [0.05, 0.1) is 12.5 Å². The average Bonchev–Trinajstić information content (AvgIpc) is 2.70. The molecule has 2 amide bonds. The minimum atomic E-state index is -4.43. The van der Waals surface area contributed by atoms with Crippen molar-refractivity contribution in [1.82, 2.24) is 10.2 Å². The highest BCUT2D eigenvalue weighted by Crippen LogP contribution is 2.21. The third-order valence-electron chi connectivity index (χ3n) is 3.23. The number of hydrogen-bond acceptors (Lipinski definition) is 2. The molecule has 0 aliphatic carbocycles. The van der Waals surface area contributed by atoms with E-state index in [1.807, 2.05) is 0 Å². The number of benzene rings is 1. The normalized spacial score (nSPS) is 18.6. The van der Waals surface area contributed by atoms with Crippen molar-refractivity contribution in [3.05, 3.63) is 34.9 Å². The summed E-state index contributed by atoms with van der Waals surface area (Å²) in [6.07, 6.45) is -4.46. The molecule has 4 nitrogen and oxygen atoms in total. The summed E-state index contributed by atoms with van der Waals surface area (Å²) in [6.45, 7) is -1.40. The van der Waals surface area contributed by atoms with Crippen molar-refractivity contribution in [2.45, 2.75) is 25.1 Å². The van der Waals surface area contributed by atoms with Gasteiger partial charge in [0.1, 0.15) is 6.54 Å². The third kappa shape index (κ3) is 4.91. The van der Waals surface area contributed by atoms with Gasteiger partial charge in [-0.05, 0) is 17.7 Å². The summed E-state index contributed by atoms with van der Waals surface area (Å²) >= 11 is 5.74. The van der Waals surface area contributed by atoms with Crippen molar-refractivity contribution < 1.29 is 22.8 Å².